The summed E-state index contributed by atoms with van der Waals surface area (Å²) in [4.78, 5) is 32.4. The number of rotatable bonds is 6. The molecule has 0 spiro atoms. The van der Waals surface area contributed by atoms with Crippen molar-refractivity contribution in [1.29, 1.82) is 0 Å². The van der Waals surface area contributed by atoms with Crippen LogP contribution in [-0.4, -0.2) is 32.6 Å². The number of aromatic amines is 1. The smallest absolute Gasteiger partial charge is 0.319 e. The Labute approximate surface area is 128 Å². The molecule has 1 aromatic heterocycles. The topological polar surface area (TPSA) is 153 Å². The minimum Gasteiger partial charge on any atom is -0.494 e. The molecule has 1 heterocycles. The van der Waals surface area contributed by atoms with Crippen LogP contribution < -0.4 is 10.1 Å². The number of nitrogens with zero attached hydrogens (tertiary/aromatic N) is 3. The van der Waals surface area contributed by atoms with Crippen LogP contribution in [0.25, 0.3) is 0 Å². The molecule has 11 nitrogen and oxygen atoms in total. The fourth-order valence-corrected chi connectivity index (χ4v) is 1.79. The van der Waals surface area contributed by atoms with E-state index in [0.717, 1.165) is 12.3 Å². The number of anilines is 1. The average molecular weight is 321 g/mol. The van der Waals surface area contributed by atoms with Crippen molar-refractivity contribution in [2.45, 2.75) is 6.92 Å². The molecule has 0 radical (unpaired) electrons. The number of ether oxygens (including phenoxy) is 1. The van der Waals surface area contributed by atoms with Gasteiger partial charge in [0.25, 0.3) is 11.6 Å². The molecular formula is C12H11N5O6. The Bertz CT molecular complexity index is 771. The zero-order chi connectivity index (χ0) is 17.0. The Hall–Kier alpha value is -3.50. The monoisotopic (exact) mass is 321 g/mol. The molecular weight excluding hydrogens is 310 g/mol. The van der Waals surface area contributed by atoms with E-state index in [1.807, 2.05) is 0 Å². The van der Waals surface area contributed by atoms with Crippen molar-refractivity contribution in [2.75, 3.05) is 11.9 Å². The first-order chi connectivity index (χ1) is 10.9. The summed E-state index contributed by atoms with van der Waals surface area (Å²) in [5, 5.41) is 29.7. The third-order valence-corrected chi connectivity index (χ3v) is 2.77. The lowest BCUT2D eigenvalue weighted by Gasteiger charge is -2.07. The van der Waals surface area contributed by atoms with E-state index in [1.165, 1.54) is 12.1 Å². The molecule has 1 aromatic carbocycles. The second-order valence-electron chi connectivity index (χ2n) is 4.21. The molecule has 0 atom stereocenters. The highest BCUT2D eigenvalue weighted by Crippen LogP contribution is 2.30. The van der Waals surface area contributed by atoms with Crippen molar-refractivity contribution in [3.8, 4) is 5.75 Å². The maximum atomic E-state index is 12.0. The summed E-state index contributed by atoms with van der Waals surface area (Å²) in [5.74, 6) is -0.647. The number of hydrogen-bond donors (Lipinski definition) is 2. The van der Waals surface area contributed by atoms with Gasteiger partial charge in [0.05, 0.1) is 22.5 Å². The van der Waals surface area contributed by atoms with Gasteiger partial charge in [-0.2, -0.15) is 5.10 Å². The van der Waals surface area contributed by atoms with Crippen LogP contribution in [0.5, 0.6) is 5.75 Å². The van der Waals surface area contributed by atoms with E-state index in [1.54, 1.807) is 6.92 Å². The molecule has 2 N–H and O–H groups in total. The van der Waals surface area contributed by atoms with Crippen molar-refractivity contribution in [3.05, 3.63) is 50.3 Å². The van der Waals surface area contributed by atoms with Crippen LogP contribution in [0.1, 0.15) is 17.4 Å². The number of benzene rings is 1. The van der Waals surface area contributed by atoms with Crippen LogP contribution in [0, 0.1) is 20.2 Å². The SMILES string of the molecule is CCOc1ccc(NC(=O)c2[nH]ncc2[N+](=O)[O-])c([N+](=O)[O-])c1. The molecule has 120 valence electrons. The van der Waals surface area contributed by atoms with Gasteiger partial charge < -0.3 is 10.1 Å². The molecule has 1 amide bonds. The highest BCUT2D eigenvalue weighted by Gasteiger charge is 2.25. The van der Waals surface area contributed by atoms with Gasteiger partial charge in [-0.15, -0.1) is 0 Å². The molecule has 2 aromatic rings. The summed E-state index contributed by atoms with van der Waals surface area (Å²) in [7, 11) is 0. The summed E-state index contributed by atoms with van der Waals surface area (Å²) >= 11 is 0. The maximum Gasteiger partial charge on any atom is 0.319 e. The lowest BCUT2D eigenvalue weighted by atomic mass is 10.2. The fraction of sp³-hybridized carbons (Fsp3) is 0.167. The lowest BCUT2D eigenvalue weighted by molar-refractivity contribution is -0.385. The summed E-state index contributed by atoms with van der Waals surface area (Å²) in [6, 6.07) is 3.87. The van der Waals surface area contributed by atoms with Crippen molar-refractivity contribution >= 4 is 23.0 Å². The van der Waals surface area contributed by atoms with E-state index >= 15 is 0 Å². The van der Waals surface area contributed by atoms with E-state index in [9.17, 15) is 25.0 Å². The van der Waals surface area contributed by atoms with Crippen LogP contribution in [-0.2, 0) is 0 Å². The maximum absolute atomic E-state index is 12.0. The van der Waals surface area contributed by atoms with Gasteiger partial charge in [-0.3, -0.25) is 30.1 Å². The van der Waals surface area contributed by atoms with Gasteiger partial charge in [0.15, 0.2) is 0 Å². The second kappa shape index (κ2) is 6.51. The molecule has 0 aliphatic carbocycles. The molecule has 0 saturated carbocycles. The second-order valence-corrected chi connectivity index (χ2v) is 4.21. The van der Waals surface area contributed by atoms with E-state index in [0.29, 0.717) is 6.61 Å². The molecule has 11 heteroatoms. The molecule has 0 unspecified atom stereocenters. The van der Waals surface area contributed by atoms with Gasteiger partial charge in [0.2, 0.25) is 5.69 Å². The number of nitro groups is 2. The van der Waals surface area contributed by atoms with Crippen LogP contribution in [0.15, 0.2) is 24.4 Å². The van der Waals surface area contributed by atoms with Crippen LogP contribution in [0.4, 0.5) is 17.1 Å². The molecule has 0 aliphatic rings. The Morgan fingerprint density at radius 3 is 2.61 bits per heavy atom. The fourth-order valence-electron chi connectivity index (χ4n) is 1.79. The van der Waals surface area contributed by atoms with Crippen molar-refractivity contribution in [3.63, 3.8) is 0 Å². The first kappa shape index (κ1) is 15.9. The molecule has 0 saturated heterocycles. The molecule has 0 aliphatic heterocycles. The number of carbonyl (C=O) groups is 1. The summed E-state index contributed by atoms with van der Waals surface area (Å²) in [5.41, 5.74) is -1.45. The van der Waals surface area contributed by atoms with Crippen molar-refractivity contribution in [2.24, 2.45) is 0 Å². The summed E-state index contributed by atoms with van der Waals surface area (Å²) in [6.07, 6.45) is 0.877. The summed E-state index contributed by atoms with van der Waals surface area (Å²) < 4.78 is 5.16. The lowest BCUT2D eigenvalue weighted by Crippen LogP contribution is -2.15. The van der Waals surface area contributed by atoms with Gasteiger partial charge in [0.1, 0.15) is 17.6 Å². The normalized spacial score (nSPS) is 10.1. The number of aromatic nitrogens is 2. The number of carbonyl (C=O) groups excluding carboxylic acids is 1. The zero-order valence-corrected chi connectivity index (χ0v) is 11.8. The zero-order valence-electron chi connectivity index (χ0n) is 11.8. The highest BCUT2D eigenvalue weighted by molar-refractivity contribution is 6.06. The molecule has 0 fully saturated rings. The predicted octanol–water partition coefficient (Wildman–Crippen LogP) is 1.88. The Balaban J connectivity index is 2.32. The number of H-pyrrole nitrogens is 1. The third-order valence-electron chi connectivity index (χ3n) is 2.77. The first-order valence-corrected chi connectivity index (χ1v) is 6.34. The Kier molecular flexibility index (Phi) is 4.50. The molecule has 23 heavy (non-hydrogen) atoms. The number of nitro benzene ring substituents is 1. The van der Waals surface area contributed by atoms with E-state index in [2.05, 4.69) is 15.5 Å². The number of amides is 1. The highest BCUT2D eigenvalue weighted by atomic mass is 16.6. The van der Waals surface area contributed by atoms with Crippen molar-refractivity contribution in [1.82, 2.24) is 10.2 Å². The van der Waals surface area contributed by atoms with Gasteiger partial charge in [-0.05, 0) is 19.1 Å². The first-order valence-electron chi connectivity index (χ1n) is 6.34. The Morgan fingerprint density at radius 2 is 2.00 bits per heavy atom. The number of hydrogen-bond acceptors (Lipinski definition) is 7. The van der Waals surface area contributed by atoms with Crippen molar-refractivity contribution < 1.29 is 19.4 Å². The van der Waals surface area contributed by atoms with Gasteiger partial charge in [-0.1, -0.05) is 0 Å². The van der Waals surface area contributed by atoms with Gasteiger partial charge >= 0.3 is 5.69 Å². The van der Waals surface area contributed by atoms with Crippen LogP contribution in [0.3, 0.4) is 0 Å². The Morgan fingerprint density at radius 1 is 1.30 bits per heavy atom. The standard InChI is InChI=1S/C12H11N5O6/c1-2-23-7-3-4-8(9(5-7)16(19)20)14-12(18)11-10(17(21)22)6-13-15-11/h3-6H,2H2,1H3,(H,13,15)(H,14,18). The van der Waals surface area contributed by atoms with Gasteiger partial charge in [0, 0.05) is 0 Å². The van der Waals surface area contributed by atoms with Gasteiger partial charge in [-0.25, -0.2) is 0 Å². The minimum absolute atomic E-state index is 0.118. The van der Waals surface area contributed by atoms with Crippen LogP contribution in [0.2, 0.25) is 0 Å². The van der Waals surface area contributed by atoms with E-state index in [4.69, 9.17) is 4.74 Å². The minimum atomic E-state index is -0.915. The van der Waals surface area contributed by atoms with Crippen LogP contribution >= 0.6 is 0 Å². The third kappa shape index (κ3) is 3.40. The largest absolute Gasteiger partial charge is 0.494 e. The quantitative estimate of drug-likeness (QED) is 0.608. The summed E-state index contributed by atoms with van der Waals surface area (Å²) in [6.45, 7) is 2.04. The number of nitrogens with one attached hydrogen (secondary N) is 2. The average Bonchev–Trinajstić information content (AvgIpc) is 2.98. The predicted molar refractivity (Wildman–Crippen MR) is 77.5 cm³/mol. The van der Waals surface area contributed by atoms with E-state index < -0.39 is 32.8 Å². The van der Waals surface area contributed by atoms with E-state index in [-0.39, 0.29) is 11.4 Å². The molecule has 0 bridgehead atoms. The molecule has 2 rings (SSSR count).